The van der Waals surface area contributed by atoms with Gasteiger partial charge >= 0.3 is 6.09 Å². The summed E-state index contributed by atoms with van der Waals surface area (Å²) in [6.45, 7) is 0.130. The molecule has 0 saturated heterocycles. The van der Waals surface area contributed by atoms with Gasteiger partial charge in [-0.05, 0) is 18.2 Å². The van der Waals surface area contributed by atoms with Gasteiger partial charge in [0.2, 0.25) is 0 Å². The van der Waals surface area contributed by atoms with Crippen molar-refractivity contribution in [3.05, 3.63) is 28.8 Å². The molecule has 8 heteroatoms. The van der Waals surface area contributed by atoms with E-state index in [0.717, 1.165) is 0 Å². The minimum atomic E-state index is -0.892. The molecule has 18 heavy (non-hydrogen) atoms. The maximum absolute atomic E-state index is 11.8. The second kappa shape index (κ2) is 6.67. The molecule has 1 rings (SSSR count). The number of nitrogen functional groups attached to an aromatic ring is 1. The van der Waals surface area contributed by atoms with Gasteiger partial charge in [0.15, 0.2) is 0 Å². The van der Waals surface area contributed by atoms with Crippen molar-refractivity contribution < 1.29 is 14.3 Å². The highest BCUT2D eigenvalue weighted by atomic mass is 35.5. The fourth-order valence-electron chi connectivity index (χ4n) is 1.24. The number of benzene rings is 1. The summed E-state index contributed by atoms with van der Waals surface area (Å²) in [7, 11) is 0. The van der Waals surface area contributed by atoms with E-state index in [1.807, 2.05) is 0 Å². The number of anilines is 1. The zero-order valence-corrected chi connectivity index (χ0v) is 10.2. The van der Waals surface area contributed by atoms with Gasteiger partial charge in [-0.15, -0.1) is 0 Å². The van der Waals surface area contributed by atoms with Crippen LogP contribution >= 0.6 is 11.6 Å². The molecule has 0 saturated carbocycles. The number of amides is 2. The van der Waals surface area contributed by atoms with Crippen LogP contribution in [0.3, 0.4) is 0 Å². The molecule has 98 valence electrons. The Balaban J connectivity index is 2.60. The van der Waals surface area contributed by atoms with Gasteiger partial charge in [0.25, 0.3) is 5.91 Å². The fourth-order valence-corrected chi connectivity index (χ4v) is 1.41. The molecule has 0 heterocycles. The lowest BCUT2D eigenvalue weighted by Crippen LogP contribution is -2.30. The third-order valence-electron chi connectivity index (χ3n) is 2.01. The van der Waals surface area contributed by atoms with Crippen molar-refractivity contribution in [2.75, 3.05) is 18.6 Å². The quantitative estimate of drug-likeness (QED) is 0.352. The molecular formula is C10H13ClN4O3. The molecule has 0 aromatic heterocycles. The first-order valence-electron chi connectivity index (χ1n) is 5.01. The first kappa shape index (κ1) is 14.1. The molecule has 7 nitrogen and oxygen atoms in total. The Bertz CT molecular complexity index is 453. The molecule has 0 bridgehead atoms. The number of nitrogens with two attached hydrogens (primary N) is 2. The highest BCUT2D eigenvalue weighted by molar-refractivity contribution is 6.31. The molecule has 1 aromatic rings. The second-order valence-corrected chi connectivity index (χ2v) is 3.69. The van der Waals surface area contributed by atoms with E-state index in [0.29, 0.717) is 16.3 Å². The fraction of sp³-hybridized carbons (Fsp3) is 0.200. The summed E-state index contributed by atoms with van der Waals surface area (Å²) in [4.78, 5) is 22.1. The molecule has 0 fully saturated rings. The lowest BCUT2D eigenvalue weighted by atomic mass is 10.1. The maximum atomic E-state index is 11.8. The molecule has 0 atom stereocenters. The van der Waals surface area contributed by atoms with Crippen LogP contribution in [0.5, 0.6) is 0 Å². The van der Waals surface area contributed by atoms with E-state index in [2.05, 4.69) is 15.5 Å². The van der Waals surface area contributed by atoms with E-state index >= 15 is 0 Å². The number of carbonyl (C=O) groups is 2. The Morgan fingerprint density at radius 1 is 1.39 bits per heavy atom. The molecule has 2 amide bonds. The summed E-state index contributed by atoms with van der Waals surface area (Å²) in [5, 5.41) is 2.94. The van der Waals surface area contributed by atoms with Crippen molar-refractivity contribution in [3.63, 3.8) is 0 Å². The number of nitrogens with one attached hydrogen (secondary N) is 2. The number of primary amides is 1. The summed E-state index contributed by atoms with van der Waals surface area (Å²) >= 11 is 5.79. The van der Waals surface area contributed by atoms with Crippen molar-refractivity contribution >= 4 is 29.3 Å². The molecular weight excluding hydrogens is 260 g/mol. The van der Waals surface area contributed by atoms with Crippen molar-refractivity contribution in [1.29, 1.82) is 0 Å². The Morgan fingerprint density at radius 2 is 2.11 bits per heavy atom. The van der Waals surface area contributed by atoms with Crippen LogP contribution in [0.1, 0.15) is 10.4 Å². The highest BCUT2D eigenvalue weighted by Gasteiger charge is 2.11. The van der Waals surface area contributed by atoms with Gasteiger partial charge in [0.1, 0.15) is 6.61 Å². The first-order valence-corrected chi connectivity index (χ1v) is 5.39. The third-order valence-corrected chi connectivity index (χ3v) is 2.25. The Labute approximate surface area is 108 Å². The number of rotatable bonds is 5. The Morgan fingerprint density at radius 3 is 2.72 bits per heavy atom. The molecule has 0 spiro atoms. The summed E-state index contributed by atoms with van der Waals surface area (Å²) in [5.41, 5.74) is 7.89. The first-order chi connectivity index (χ1) is 8.54. The summed E-state index contributed by atoms with van der Waals surface area (Å²) in [5.74, 6) is 4.88. The highest BCUT2D eigenvalue weighted by Crippen LogP contribution is 2.19. The normalized spacial score (nSPS) is 9.67. The van der Waals surface area contributed by atoms with Gasteiger partial charge in [0.05, 0.1) is 17.8 Å². The number of hydrogen-bond acceptors (Lipinski definition) is 5. The van der Waals surface area contributed by atoms with E-state index in [1.165, 1.54) is 6.07 Å². The van der Waals surface area contributed by atoms with E-state index in [1.54, 1.807) is 12.1 Å². The average Bonchev–Trinajstić information content (AvgIpc) is 2.34. The largest absolute Gasteiger partial charge is 0.448 e. The summed E-state index contributed by atoms with van der Waals surface area (Å²) in [6, 6.07) is 4.65. The molecule has 6 N–H and O–H groups in total. The predicted octanol–water partition coefficient (Wildman–Crippen LogP) is 0.451. The lowest BCUT2D eigenvalue weighted by molar-refractivity contribution is 0.0937. The van der Waals surface area contributed by atoms with E-state index in [9.17, 15) is 9.59 Å². The van der Waals surface area contributed by atoms with Crippen molar-refractivity contribution in [2.24, 2.45) is 11.6 Å². The average molecular weight is 273 g/mol. The van der Waals surface area contributed by atoms with Crippen LogP contribution in [0.15, 0.2) is 18.2 Å². The van der Waals surface area contributed by atoms with E-state index < -0.39 is 12.0 Å². The molecule has 1 aromatic carbocycles. The van der Waals surface area contributed by atoms with Gasteiger partial charge in [-0.3, -0.25) is 10.6 Å². The molecule has 0 unspecified atom stereocenters. The zero-order chi connectivity index (χ0) is 13.5. The monoisotopic (exact) mass is 272 g/mol. The van der Waals surface area contributed by atoms with Gasteiger partial charge in [-0.2, -0.15) is 0 Å². The molecule has 0 radical (unpaired) electrons. The van der Waals surface area contributed by atoms with E-state index in [4.69, 9.17) is 23.2 Å². The number of ether oxygens (including phenoxy) is 1. The van der Waals surface area contributed by atoms with Gasteiger partial charge in [-0.25, -0.2) is 4.79 Å². The molecule has 0 aliphatic heterocycles. The smallest absolute Gasteiger partial charge is 0.404 e. The van der Waals surface area contributed by atoms with Crippen molar-refractivity contribution in [3.8, 4) is 0 Å². The van der Waals surface area contributed by atoms with Gasteiger partial charge < -0.3 is 21.2 Å². The van der Waals surface area contributed by atoms with Crippen molar-refractivity contribution in [1.82, 2.24) is 5.32 Å². The van der Waals surface area contributed by atoms with Crippen LogP contribution in [0.25, 0.3) is 0 Å². The third kappa shape index (κ3) is 4.11. The lowest BCUT2D eigenvalue weighted by Gasteiger charge is -2.10. The van der Waals surface area contributed by atoms with Crippen LogP contribution in [0.2, 0.25) is 5.02 Å². The van der Waals surface area contributed by atoms with Crippen molar-refractivity contribution in [2.45, 2.75) is 0 Å². The summed E-state index contributed by atoms with van der Waals surface area (Å²) in [6.07, 6.45) is -0.892. The zero-order valence-electron chi connectivity index (χ0n) is 9.40. The minimum Gasteiger partial charge on any atom is -0.448 e. The maximum Gasteiger partial charge on any atom is 0.404 e. The van der Waals surface area contributed by atoms with Crippen LogP contribution in [0, 0.1) is 0 Å². The molecule has 0 aliphatic carbocycles. The summed E-state index contributed by atoms with van der Waals surface area (Å²) < 4.78 is 4.47. The number of hydrazine groups is 1. The predicted molar refractivity (Wildman–Crippen MR) is 67.1 cm³/mol. The van der Waals surface area contributed by atoms with Crippen LogP contribution in [-0.4, -0.2) is 25.2 Å². The second-order valence-electron chi connectivity index (χ2n) is 3.26. The molecule has 0 aliphatic rings. The number of carbonyl (C=O) groups excluding carboxylic acids is 2. The standard InChI is InChI=1S/C10H13ClN4O3/c11-6-1-2-8(15-13)7(5-6)9(16)14-3-4-18-10(12)17/h1-2,5,15H,3-4,13H2,(H2,12,17)(H,14,16). The van der Waals surface area contributed by atoms with Crippen LogP contribution in [-0.2, 0) is 4.74 Å². The van der Waals surface area contributed by atoms with Crippen LogP contribution in [0.4, 0.5) is 10.5 Å². The Kier molecular flexibility index (Phi) is 5.22. The van der Waals surface area contributed by atoms with E-state index in [-0.39, 0.29) is 13.2 Å². The Hall–Kier alpha value is -1.99. The number of hydrogen-bond donors (Lipinski definition) is 4. The van der Waals surface area contributed by atoms with Crippen LogP contribution < -0.4 is 22.3 Å². The topological polar surface area (TPSA) is 119 Å². The van der Waals surface area contributed by atoms with Gasteiger partial charge in [-0.1, -0.05) is 11.6 Å². The SMILES string of the molecule is NNc1ccc(Cl)cc1C(=O)NCCOC(N)=O. The number of halogens is 1. The van der Waals surface area contributed by atoms with Gasteiger partial charge in [0, 0.05) is 5.02 Å². The minimum absolute atomic E-state index is 0.00692.